The smallest absolute Gasteiger partial charge is 0.273 e. The molecule has 6 nitrogen and oxygen atoms in total. The van der Waals surface area contributed by atoms with Gasteiger partial charge in [-0.25, -0.2) is 4.39 Å². The van der Waals surface area contributed by atoms with Gasteiger partial charge in [-0.15, -0.1) is 0 Å². The van der Waals surface area contributed by atoms with Crippen LogP contribution in [0.25, 0.3) is 0 Å². The summed E-state index contributed by atoms with van der Waals surface area (Å²) in [4.78, 5) is 12.1. The van der Waals surface area contributed by atoms with Gasteiger partial charge < -0.3 is 10.1 Å². The van der Waals surface area contributed by atoms with Gasteiger partial charge in [0.25, 0.3) is 5.91 Å². The monoisotopic (exact) mass is 306 g/mol. The van der Waals surface area contributed by atoms with Crippen LogP contribution in [0.2, 0.25) is 0 Å². The zero-order valence-corrected chi connectivity index (χ0v) is 12.8. The summed E-state index contributed by atoms with van der Waals surface area (Å²) in [5.74, 6) is -0.628. The predicted molar refractivity (Wildman–Crippen MR) is 79.0 cm³/mol. The molecule has 2 rings (SSSR count). The summed E-state index contributed by atoms with van der Waals surface area (Å²) in [6.45, 7) is 6.04. The van der Waals surface area contributed by atoms with Crippen LogP contribution in [0.3, 0.4) is 0 Å². The van der Waals surface area contributed by atoms with Gasteiger partial charge in [0.15, 0.2) is 17.3 Å². The molecule has 0 aliphatic rings. The maximum atomic E-state index is 13.6. The van der Waals surface area contributed by atoms with E-state index in [4.69, 9.17) is 4.74 Å². The lowest BCUT2D eigenvalue weighted by molar-refractivity contribution is 0.0855. The fraction of sp³-hybridized carbons (Fsp3) is 0.400. The molecule has 1 aromatic carbocycles. The highest BCUT2D eigenvalue weighted by Gasteiger charge is 2.28. The van der Waals surface area contributed by atoms with E-state index in [1.54, 1.807) is 18.2 Å². The topological polar surface area (TPSA) is 79.9 Å². The first-order valence-electron chi connectivity index (χ1n) is 6.92. The summed E-state index contributed by atoms with van der Waals surface area (Å²) in [6, 6.07) is 5.84. The van der Waals surface area contributed by atoms with Crippen LogP contribution in [0.1, 0.15) is 31.3 Å². The van der Waals surface area contributed by atoms with Gasteiger partial charge in [-0.05, 0) is 17.5 Å². The van der Waals surface area contributed by atoms with Crippen LogP contribution in [0.15, 0.2) is 30.5 Å². The molecular weight excluding hydrogens is 287 g/mol. The molecule has 118 valence electrons. The van der Waals surface area contributed by atoms with Crippen molar-refractivity contribution in [1.29, 1.82) is 0 Å². The van der Waals surface area contributed by atoms with E-state index in [2.05, 4.69) is 20.7 Å². The normalized spacial score (nSPS) is 12.7. The number of nitrogens with one attached hydrogen (secondary N) is 2. The molecule has 0 fully saturated rings. The average molecular weight is 306 g/mol. The lowest BCUT2D eigenvalue weighted by Crippen LogP contribution is -2.47. The molecule has 1 amide bonds. The van der Waals surface area contributed by atoms with Crippen LogP contribution in [-0.2, 0) is 0 Å². The molecule has 2 N–H and O–H groups in total. The Morgan fingerprint density at radius 1 is 1.41 bits per heavy atom. The van der Waals surface area contributed by atoms with Crippen molar-refractivity contribution in [1.82, 2.24) is 20.7 Å². The van der Waals surface area contributed by atoms with Crippen molar-refractivity contribution in [2.75, 3.05) is 6.61 Å². The maximum Gasteiger partial charge on any atom is 0.273 e. The number of para-hydroxylation sites is 1. The Labute approximate surface area is 128 Å². The van der Waals surface area contributed by atoms with Gasteiger partial charge in [-0.2, -0.15) is 15.4 Å². The number of hydrogen-bond acceptors (Lipinski definition) is 4. The molecule has 0 radical (unpaired) electrons. The molecule has 0 bridgehead atoms. The van der Waals surface area contributed by atoms with E-state index in [0.29, 0.717) is 0 Å². The van der Waals surface area contributed by atoms with Gasteiger partial charge in [-0.1, -0.05) is 32.9 Å². The second-order valence-corrected chi connectivity index (χ2v) is 5.99. The Morgan fingerprint density at radius 3 is 2.73 bits per heavy atom. The van der Waals surface area contributed by atoms with E-state index in [1.807, 2.05) is 20.8 Å². The fourth-order valence-corrected chi connectivity index (χ4v) is 1.79. The summed E-state index contributed by atoms with van der Waals surface area (Å²) in [5.41, 5.74) is -0.0786. The number of halogens is 1. The van der Waals surface area contributed by atoms with E-state index >= 15 is 0 Å². The molecule has 7 heteroatoms. The SMILES string of the molecule is CC(C)(C)[C@@H](COc1ccccc1F)NC(=O)c1cn[nH]n1. The highest BCUT2D eigenvalue weighted by molar-refractivity contribution is 5.92. The summed E-state index contributed by atoms with van der Waals surface area (Å²) < 4.78 is 19.1. The van der Waals surface area contributed by atoms with Crippen molar-refractivity contribution >= 4 is 5.91 Å². The Hall–Kier alpha value is -2.44. The first kappa shape index (κ1) is 15.9. The largest absolute Gasteiger partial charge is 0.488 e. The van der Waals surface area contributed by atoms with Crippen LogP contribution in [0.4, 0.5) is 4.39 Å². The van der Waals surface area contributed by atoms with Crippen molar-refractivity contribution < 1.29 is 13.9 Å². The Kier molecular flexibility index (Phi) is 4.75. The van der Waals surface area contributed by atoms with Crippen molar-refractivity contribution in [3.8, 4) is 5.75 Å². The number of aromatic amines is 1. The summed E-state index contributed by atoms with van der Waals surface area (Å²) in [6.07, 6.45) is 1.34. The van der Waals surface area contributed by atoms with Crippen molar-refractivity contribution in [2.45, 2.75) is 26.8 Å². The van der Waals surface area contributed by atoms with Crippen LogP contribution in [0, 0.1) is 11.2 Å². The van der Waals surface area contributed by atoms with Crippen molar-refractivity contribution in [2.24, 2.45) is 5.41 Å². The van der Waals surface area contributed by atoms with Crippen LogP contribution in [0.5, 0.6) is 5.75 Å². The molecule has 0 unspecified atom stereocenters. The number of rotatable bonds is 5. The van der Waals surface area contributed by atoms with E-state index in [9.17, 15) is 9.18 Å². The minimum atomic E-state index is -0.432. The highest BCUT2D eigenvalue weighted by atomic mass is 19.1. The second kappa shape index (κ2) is 6.55. The second-order valence-electron chi connectivity index (χ2n) is 5.99. The molecule has 1 atom stereocenters. The fourth-order valence-electron chi connectivity index (χ4n) is 1.79. The number of carbonyl (C=O) groups is 1. The van der Waals surface area contributed by atoms with E-state index in [-0.39, 0.29) is 35.4 Å². The molecule has 2 aromatic rings. The number of benzene rings is 1. The highest BCUT2D eigenvalue weighted by Crippen LogP contribution is 2.22. The first-order valence-corrected chi connectivity index (χ1v) is 6.92. The molecule has 1 heterocycles. The van der Waals surface area contributed by atoms with Gasteiger partial charge in [0.2, 0.25) is 0 Å². The maximum absolute atomic E-state index is 13.6. The third-order valence-corrected chi connectivity index (χ3v) is 3.24. The van der Waals surface area contributed by atoms with Crippen molar-refractivity contribution in [3.05, 3.63) is 42.0 Å². The Balaban J connectivity index is 2.04. The van der Waals surface area contributed by atoms with Crippen LogP contribution >= 0.6 is 0 Å². The summed E-state index contributed by atoms with van der Waals surface area (Å²) in [7, 11) is 0. The number of nitrogens with zero attached hydrogens (tertiary/aromatic N) is 2. The number of amides is 1. The summed E-state index contributed by atoms with van der Waals surface area (Å²) >= 11 is 0. The quantitative estimate of drug-likeness (QED) is 0.887. The van der Waals surface area contributed by atoms with E-state index < -0.39 is 5.82 Å². The lowest BCUT2D eigenvalue weighted by atomic mass is 9.87. The van der Waals surface area contributed by atoms with Crippen LogP contribution < -0.4 is 10.1 Å². The third-order valence-electron chi connectivity index (χ3n) is 3.24. The summed E-state index contributed by atoms with van der Waals surface area (Å²) in [5, 5.41) is 12.6. The first-order chi connectivity index (χ1) is 10.4. The molecule has 0 spiro atoms. The minimum absolute atomic E-state index is 0.147. The predicted octanol–water partition coefficient (Wildman–Crippen LogP) is 2.17. The average Bonchev–Trinajstić information content (AvgIpc) is 2.97. The van der Waals surface area contributed by atoms with Crippen molar-refractivity contribution in [3.63, 3.8) is 0 Å². The molecule has 0 saturated heterocycles. The van der Waals surface area contributed by atoms with Gasteiger partial charge in [-0.3, -0.25) is 4.79 Å². The molecular formula is C15H19FN4O2. The lowest BCUT2D eigenvalue weighted by Gasteiger charge is -2.31. The number of carbonyl (C=O) groups excluding carboxylic acids is 1. The standard InChI is InChI=1S/C15H19FN4O2/c1-15(2,3)13(18-14(21)11-8-17-20-19-11)9-22-12-7-5-4-6-10(12)16/h4-8,13H,9H2,1-3H3,(H,18,21)(H,17,19,20)/t13-/m1/s1. The van der Waals surface area contributed by atoms with E-state index in [1.165, 1.54) is 12.3 Å². The number of ether oxygens (including phenoxy) is 1. The molecule has 1 aromatic heterocycles. The number of aromatic nitrogens is 3. The third kappa shape index (κ3) is 4.03. The molecule has 0 aliphatic carbocycles. The molecule has 0 saturated carbocycles. The Bertz CT molecular complexity index is 623. The zero-order valence-electron chi connectivity index (χ0n) is 12.8. The number of H-pyrrole nitrogens is 1. The number of hydrogen-bond donors (Lipinski definition) is 2. The van der Waals surface area contributed by atoms with Gasteiger partial charge in [0, 0.05) is 0 Å². The molecule has 22 heavy (non-hydrogen) atoms. The van der Waals surface area contributed by atoms with Gasteiger partial charge in [0.1, 0.15) is 6.61 Å². The van der Waals surface area contributed by atoms with Gasteiger partial charge >= 0.3 is 0 Å². The molecule has 0 aliphatic heterocycles. The zero-order chi connectivity index (χ0) is 16.2. The van der Waals surface area contributed by atoms with E-state index in [0.717, 1.165) is 0 Å². The van der Waals surface area contributed by atoms with Gasteiger partial charge in [0.05, 0.1) is 12.2 Å². The minimum Gasteiger partial charge on any atom is -0.488 e. The van der Waals surface area contributed by atoms with Crippen LogP contribution in [-0.4, -0.2) is 34.0 Å². The Morgan fingerprint density at radius 2 is 2.14 bits per heavy atom.